The van der Waals surface area contributed by atoms with Gasteiger partial charge in [-0.05, 0) is 69.2 Å². The number of methoxy groups -OCH3 is 1. The van der Waals surface area contributed by atoms with E-state index in [4.69, 9.17) is 4.74 Å². The first-order valence-corrected chi connectivity index (χ1v) is 6.60. The predicted octanol–water partition coefficient (Wildman–Crippen LogP) is 3.92. The third-order valence-corrected chi connectivity index (χ3v) is 3.56. The highest BCUT2D eigenvalue weighted by Crippen LogP contribution is 2.29. The summed E-state index contributed by atoms with van der Waals surface area (Å²) in [6, 6.07) is 2.22. The molecule has 100 valence electrons. The van der Waals surface area contributed by atoms with Gasteiger partial charge in [-0.3, -0.25) is 0 Å². The molecule has 18 heavy (non-hydrogen) atoms. The van der Waals surface area contributed by atoms with Crippen LogP contribution in [0.3, 0.4) is 0 Å². The number of rotatable bonds is 6. The second-order valence-electron chi connectivity index (χ2n) is 5.04. The van der Waals surface area contributed by atoms with Gasteiger partial charge in [0.1, 0.15) is 11.5 Å². The topological polar surface area (TPSA) is 26.3 Å². The largest absolute Gasteiger partial charge is 0.496 e. The summed E-state index contributed by atoms with van der Waals surface area (Å²) in [5.74, 6) is 1.29. The molecule has 1 aromatic carbocycles. The standard InChI is InChI=1S/C16H24O2/c1-11-10-15(9-7-6-8-12(2)17)13(3)14(4)16(11)18-5/h10H,6-9H2,1-5H3. The number of unbranched alkanes of at least 4 members (excludes halogenated alkanes) is 1. The maximum absolute atomic E-state index is 10.9. The van der Waals surface area contributed by atoms with Crippen molar-refractivity contribution in [2.24, 2.45) is 0 Å². The van der Waals surface area contributed by atoms with Gasteiger partial charge in [-0.25, -0.2) is 0 Å². The van der Waals surface area contributed by atoms with Crippen molar-refractivity contribution in [3.63, 3.8) is 0 Å². The second-order valence-corrected chi connectivity index (χ2v) is 5.04. The number of ketones is 1. The number of Topliss-reactive ketones (excluding diaryl/α,β-unsaturated/α-hetero) is 1. The van der Waals surface area contributed by atoms with Crippen molar-refractivity contribution in [1.82, 2.24) is 0 Å². The van der Waals surface area contributed by atoms with Gasteiger partial charge in [-0.15, -0.1) is 0 Å². The van der Waals surface area contributed by atoms with Crippen molar-refractivity contribution in [1.29, 1.82) is 0 Å². The zero-order valence-electron chi connectivity index (χ0n) is 12.2. The fourth-order valence-electron chi connectivity index (χ4n) is 2.41. The van der Waals surface area contributed by atoms with E-state index in [-0.39, 0.29) is 5.78 Å². The minimum absolute atomic E-state index is 0.286. The Hall–Kier alpha value is -1.31. The quantitative estimate of drug-likeness (QED) is 0.713. The lowest BCUT2D eigenvalue weighted by atomic mass is 9.95. The van der Waals surface area contributed by atoms with E-state index >= 15 is 0 Å². The third kappa shape index (κ3) is 3.59. The van der Waals surface area contributed by atoms with Crippen LogP contribution in [-0.4, -0.2) is 12.9 Å². The molecular weight excluding hydrogens is 224 g/mol. The number of aryl methyl sites for hydroxylation is 2. The lowest BCUT2D eigenvalue weighted by molar-refractivity contribution is -0.117. The summed E-state index contributed by atoms with van der Waals surface area (Å²) in [5, 5.41) is 0. The van der Waals surface area contributed by atoms with E-state index in [1.807, 2.05) is 0 Å². The molecule has 0 saturated carbocycles. The van der Waals surface area contributed by atoms with Crippen LogP contribution in [0.2, 0.25) is 0 Å². The molecule has 0 fully saturated rings. The van der Waals surface area contributed by atoms with Crippen LogP contribution < -0.4 is 4.74 Å². The number of ether oxygens (including phenoxy) is 1. The number of carbonyl (C=O) groups excluding carboxylic acids is 1. The molecule has 0 saturated heterocycles. The van der Waals surface area contributed by atoms with Crippen LogP contribution in [0.15, 0.2) is 6.07 Å². The summed E-state index contributed by atoms with van der Waals surface area (Å²) >= 11 is 0. The van der Waals surface area contributed by atoms with Crippen LogP contribution >= 0.6 is 0 Å². The van der Waals surface area contributed by atoms with Crippen LogP contribution in [0, 0.1) is 20.8 Å². The van der Waals surface area contributed by atoms with Crippen molar-refractivity contribution >= 4 is 5.78 Å². The molecule has 0 heterocycles. The molecule has 0 N–H and O–H groups in total. The van der Waals surface area contributed by atoms with Gasteiger partial charge < -0.3 is 9.53 Å². The lowest BCUT2D eigenvalue weighted by Gasteiger charge is -2.15. The molecule has 0 atom stereocenters. The van der Waals surface area contributed by atoms with Gasteiger partial charge in [-0.1, -0.05) is 6.07 Å². The van der Waals surface area contributed by atoms with Crippen LogP contribution in [0.25, 0.3) is 0 Å². The first-order valence-electron chi connectivity index (χ1n) is 6.60. The summed E-state index contributed by atoms with van der Waals surface area (Å²) in [4.78, 5) is 10.9. The average Bonchev–Trinajstić information content (AvgIpc) is 2.31. The van der Waals surface area contributed by atoms with Gasteiger partial charge in [0.25, 0.3) is 0 Å². The molecule has 0 amide bonds. The van der Waals surface area contributed by atoms with E-state index in [1.54, 1.807) is 14.0 Å². The Kier molecular flexibility index (Phi) is 5.39. The fourth-order valence-corrected chi connectivity index (χ4v) is 2.41. The Balaban J connectivity index is 2.75. The molecule has 0 aliphatic heterocycles. The zero-order valence-corrected chi connectivity index (χ0v) is 12.2. The normalized spacial score (nSPS) is 10.5. The Bertz CT molecular complexity index is 433. The molecule has 0 aliphatic carbocycles. The number of benzene rings is 1. The molecule has 0 spiro atoms. The third-order valence-electron chi connectivity index (χ3n) is 3.56. The molecule has 1 rings (SSSR count). The van der Waals surface area contributed by atoms with Crippen molar-refractivity contribution in [3.05, 3.63) is 28.3 Å². The van der Waals surface area contributed by atoms with E-state index in [9.17, 15) is 4.79 Å². The van der Waals surface area contributed by atoms with Crippen molar-refractivity contribution < 1.29 is 9.53 Å². The number of carbonyl (C=O) groups is 1. The number of hydrogen-bond donors (Lipinski definition) is 0. The summed E-state index contributed by atoms with van der Waals surface area (Å²) in [6.45, 7) is 8.01. The minimum Gasteiger partial charge on any atom is -0.496 e. The Morgan fingerprint density at radius 3 is 2.39 bits per heavy atom. The summed E-state index contributed by atoms with van der Waals surface area (Å²) in [5.41, 5.74) is 5.14. The second kappa shape index (κ2) is 6.58. The molecule has 0 aliphatic rings. The van der Waals surface area contributed by atoms with Crippen LogP contribution in [0.4, 0.5) is 0 Å². The molecule has 0 radical (unpaired) electrons. The van der Waals surface area contributed by atoms with Crippen LogP contribution in [0.1, 0.15) is 48.4 Å². The van der Waals surface area contributed by atoms with E-state index in [0.717, 1.165) is 25.0 Å². The SMILES string of the molecule is COc1c(C)cc(CCCCC(C)=O)c(C)c1C. The summed E-state index contributed by atoms with van der Waals surface area (Å²) in [7, 11) is 1.72. The van der Waals surface area contributed by atoms with Gasteiger partial charge in [0, 0.05) is 6.42 Å². The molecule has 0 aromatic heterocycles. The Morgan fingerprint density at radius 2 is 1.83 bits per heavy atom. The van der Waals surface area contributed by atoms with E-state index in [2.05, 4.69) is 26.8 Å². The first kappa shape index (κ1) is 14.7. The number of hydrogen-bond acceptors (Lipinski definition) is 2. The van der Waals surface area contributed by atoms with E-state index < -0.39 is 0 Å². The molecule has 2 heteroatoms. The smallest absolute Gasteiger partial charge is 0.129 e. The Labute approximate surface area is 110 Å². The summed E-state index contributed by atoms with van der Waals surface area (Å²) < 4.78 is 5.42. The molecule has 0 bridgehead atoms. The van der Waals surface area contributed by atoms with Crippen LogP contribution in [0.5, 0.6) is 5.75 Å². The maximum Gasteiger partial charge on any atom is 0.129 e. The lowest BCUT2D eigenvalue weighted by Crippen LogP contribution is -2.00. The van der Waals surface area contributed by atoms with Crippen LogP contribution in [-0.2, 0) is 11.2 Å². The van der Waals surface area contributed by atoms with Gasteiger partial charge >= 0.3 is 0 Å². The highest BCUT2D eigenvalue weighted by molar-refractivity contribution is 5.75. The van der Waals surface area contributed by atoms with Gasteiger partial charge in [-0.2, -0.15) is 0 Å². The maximum atomic E-state index is 10.9. The van der Waals surface area contributed by atoms with Gasteiger partial charge in [0.15, 0.2) is 0 Å². The Morgan fingerprint density at radius 1 is 1.17 bits per heavy atom. The highest BCUT2D eigenvalue weighted by atomic mass is 16.5. The van der Waals surface area contributed by atoms with Gasteiger partial charge in [0.2, 0.25) is 0 Å². The van der Waals surface area contributed by atoms with E-state index in [0.29, 0.717) is 6.42 Å². The van der Waals surface area contributed by atoms with Crippen molar-refractivity contribution in [3.8, 4) is 5.75 Å². The highest BCUT2D eigenvalue weighted by Gasteiger charge is 2.10. The molecule has 0 unspecified atom stereocenters. The zero-order chi connectivity index (χ0) is 13.7. The average molecular weight is 248 g/mol. The monoisotopic (exact) mass is 248 g/mol. The molecular formula is C16H24O2. The first-order chi connectivity index (χ1) is 8.47. The predicted molar refractivity (Wildman–Crippen MR) is 75.4 cm³/mol. The van der Waals surface area contributed by atoms with Gasteiger partial charge in [0.05, 0.1) is 7.11 Å². The molecule has 2 nitrogen and oxygen atoms in total. The van der Waals surface area contributed by atoms with Crippen molar-refractivity contribution in [2.75, 3.05) is 7.11 Å². The van der Waals surface area contributed by atoms with E-state index in [1.165, 1.54) is 22.3 Å². The van der Waals surface area contributed by atoms with Crippen molar-refractivity contribution in [2.45, 2.75) is 53.4 Å². The molecule has 1 aromatic rings. The fraction of sp³-hybridized carbons (Fsp3) is 0.562. The minimum atomic E-state index is 0.286. The summed E-state index contributed by atoms with van der Waals surface area (Å²) in [6.07, 6.45) is 3.81.